The zero-order chi connectivity index (χ0) is 15.6. The molecule has 2 aliphatic heterocycles. The second-order valence-corrected chi connectivity index (χ2v) is 6.85. The van der Waals surface area contributed by atoms with Gasteiger partial charge in [0.25, 0.3) is 5.91 Å². The van der Waals surface area contributed by atoms with E-state index in [9.17, 15) is 4.79 Å². The summed E-state index contributed by atoms with van der Waals surface area (Å²) in [6.07, 6.45) is 2.91. The molecule has 120 valence electrons. The van der Waals surface area contributed by atoms with E-state index in [2.05, 4.69) is 5.32 Å². The van der Waals surface area contributed by atoms with Crippen LogP contribution in [0.15, 0.2) is 24.3 Å². The fraction of sp³-hybridized carbons (Fsp3) is 0.588. The van der Waals surface area contributed by atoms with Crippen LogP contribution in [0.3, 0.4) is 0 Å². The molecule has 2 aliphatic rings. The van der Waals surface area contributed by atoms with Crippen molar-refractivity contribution in [2.75, 3.05) is 26.2 Å². The molecule has 2 saturated heterocycles. The number of halogens is 1. The standard InChI is InChI=1S/C17H23ClN2O2/c1-13(22-15-5-3-2-4-14(15)18)16(21)20-10-7-17(8-11-20)6-9-19-12-17/h2-5,13,19H,6-12H2,1H3. The van der Waals surface area contributed by atoms with Gasteiger partial charge in [0.1, 0.15) is 5.75 Å². The lowest BCUT2D eigenvalue weighted by Gasteiger charge is -2.39. The number of para-hydroxylation sites is 1. The summed E-state index contributed by atoms with van der Waals surface area (Å²) in [5, 5.41) is 3.98. The Balaban J connectivity index is 1.56. The molecule has 1 amide bonds. The summed E-state index contributed by atoms with van der Waals surface area (Å²) in [7, 11) is 0. The van der Waals surface area contributed by atoms with E-state index in [0.29, 0.717) is 16.2 Å². The lowest BCUT2D eigenvalue weighted by atomic mass is 9.78. The predicted molar refractivity (Wildman–Crippen MR) is 87.3 cm³/mol. The molecule has 2 fully saturated rings. The van der Waals surface area contributed by atoms with Gasteiger partial charge in [0, 0.05) is 19.6 Å². The first-order chi connectivity index (χ1) is 10.6. The third-order valence-electron chi connectivity index (χ3n) is 4.96. The van der Waals surface area contributed by atoms with Gasteiger partial charge in [0.15, 0.2) is 6.10 Å². The Morgan fingerprint density at radius 3 is 2.68 bits per heavy atom. The lowest BCUT2D eigenvalue weighted by molar-refractivity contribution is -0.140. The molecular weight excluding hydrogens is 300 g/mol. The summed E-state index contributed by atoms with van der Waals surface area (Å²) in [6.45, 7) is 5.67. The van der Waals surface area contributed by atoms with Gasteiger partial charge in [-0.2, -0.15) is 0 Å². The van der Waals surface area contributed by atoms with E-state index in [1.54, 1.807) is 19.1 Å². The first kappa shape index (κ1) is 15.6. The molecule has 3 rings (SSSR count). The number of amides is 1. The fourth-order valence-corrected chi connectivity index (χ4v) is 3.64. The number of nitrogens with one attached hydrogen (secondary N) is 1. The lowest BCUT2D eigenvalue weighted by Crippen LogP contribution is -2.48. The van der Waals surface area contributed by atoms with Crippen molar-refractivity contribution in [3.05, 3.63) is 29.3 Å². The van der Waals surface area contributed by atoms with Crippen LogP contribution in [0.2, 0.25) is 5.02 Å². The normalized spacial score (nSPS) is 21.8. The largest absolute Gasteiger partial charge is 0.479 e. The van der Waals surface area contributed by atoms with Gasteiger partial charge in [-0.25, -0.2) is 0 Å². The Bertz CT molecular complexity index is 533. The number of rotatable bonds is 3. The Kier molecular flexibility index (Phi) is 4.59. The van der Waals surface area contributed by atoms with E-state index in [-0.39, 0.29) is 5.91 Å². The van der Waals surface area contributed by atoms with E-state index < -0.39 is 6.10 Å². The molecule has 1 aromatic rings. The van der Waals surface area contributed by atoms with Crippen molar-refractivity contribution in [3.8, 4) is 5.75 Å². The molecule has 22 heavy (non-hydrogen) atoms. The number of carbonyl (C=O) groups is 1. The van der Waals surface area contributed by atoms with Crippen molar-refractivity contribution in [2.45, 2.75) is 32.3 Å². The van der Waals surface area contributed by atoms with Crippen molar-refractivity contribution >= 4 is 17.5 Å². The Morgan fingerprint density at radius 1 is 1.32 bits per heavy atom. The highest BCUT2D eigenvalue weighted by Crippen LogP contribution is 2.37. The topological polar surface area (TPSA) is 41.6 Å². The van der Waals surface area contributed by atoms with Crippen LogP contribution in [-0.2, 0) is 4.79 Å². The number of carbonyl (C=O) groups excluding carboxylic acids is 1. The van der Waals surface area contributed by atoms with Crippen LogP contribution in [0.5, 0.6) is 5.75 Å². The Morgan fingerprint density at radius 2 is 2.05 bits per heavy atom. The van der Waals surface area contributed by atoms with Crippen LogP contribution >= 0.6 is 11.6 Å². The number of nitrogens with zero attached hydrogens (tertiary/aromatic N) is 1. The van der Waals surface area contributed by atoms with Crippen LogP contribution in [0.25, 0.3) is 0 Å². The number of likely N-dealkylation sites (tertiary alicyclic amines) is 1. The second-order valence-electron chi connectivity index (χ2n) is 6.44. The van der Waals surface area contributed by atoms with Crippen LogP contribution in [0.1, 0.15) is 26.2 Å². The molecule has 1 N–H and O–H groups in total. The minimum atomic E-state index is -0.504. The minimum absolute atomic E-state index is 0.0562. The van der Waals surface area contributed by atoms with Crippen molar-refractivity contribution < 1.29 is 9.53 Å². The number of hydrogen-bond donors (Lipinski definition) is 1. The van der Waals surface area contributed by atoms with Crippen LogP contribution < -0.4 is 10.1 Å². The fourth-order valence-electron chi connectivity index (χ4n) is 3.46. The summed E-state index contributed by atoms with van der Waals surface area (Å²) < 4.78 is 5.74. The van der Waals surface area contributed by atoms with Crippen LogP contribution in [0.4, 0.5) is 0 Å². The molecule has 1 atom stereocenters. The number of hydrogen-bond acceptors (Lipinski definition) is 3. The van der Waals surface area contributed by atoms with Crippen LogP contribution in [-0.4, -0.2) is 43.1 Å². The molecule has 0 aliphatic carbocycles. The average molecular weight is 323 g/mol. The molecule has 0 aromatic heterocycles. The Labute approximate surface area is 136 Å². The summed E-state index contributed by atoms with van der Waals surface area (Å²) in [6, 6.07) is 7.27. The SMILES string of the molecule is CC(Oc1ccccc1Cl)C(=O)N1CCC2(CCNC2)CC1. The highest BCUT2D eigenvalue weighted by molar-refractivity contribution is 6.32. The molecule has 0 bridgehead atoms. The molecule has 0 saturated carbocycles. The smallest absolute Gasteiger partial charge is 0.263 e. The third kappa shape index (κ3) is 3.23. The second kappa shape index (κ2) is 6.47. The summed E-state index contributed by atoms with van der Waals surface area (Å²) >= 11 is 6.08. The van der Waals surface area contributed by atoms with Gasteiger partial charge in [0.2, 0.25) is 0 Å². The van der Waals surface area contributed by atoms with Gasteiger partial charge in [-0.1, -0.05) is 23.7 Å². The van der Waals surface area contributed by atoms with Crippen LogP contribution in [0, 0.1) is 5.41 Å². The number of ether oxygens (including phenoxy) is 1. The van der Waals surface area contributed by atoms with Gasteiger partial charge in [0.05, 0.1) is 5.02 Å². The predicted octanol–water partition coefficient (Wildman–Crippen LogP) is 2.71. The monoisotopic (exact) mass is 322 g/mol. The van der Waals surface area contributed by atoms with E-state index in [4.69, 9.17) is 16.3 Å². The molecule has 5 heteroatoms. The molecule has 1 unspecified atom stereocenters. The molecular formula is C17H23ClN2O2. The maximum atomic E-state index is 12.6. The van der Waals surface area contributed by atoms with E-state index in [1.165, 1.54) is 6.42 Å². The van der Waals surface area contributed by atoms with Gasteiger partial charge < -0.3 is 15.0 Å². The Hall–Kier alpha value is -1.26. The molecule has 4 nitrogen and oxygen atoms in total. The minimum Gasteiger partial charge on any atom is -0.479 e. The molecule has 2 heterocycles. The van der Waals surface area contributed by atoms with Gasteiger partial charge in [-0.3, -0.25) is 4.79 Å². The maximum Gasteiger partial charge on any atom is 0.263 e. The molecule has 1 spiro atoms. The van der Waals surface area contributed by atoms with Gasteiger partial charge >= 0.3 is 0 Å². The molecule has 1 aromatic carbocycles. The van der Waals surface area contributed by atoms with Crippen molar-refractivity contribution in [2.24, 2.45) is 5.41 Å². The average Bonchev–Trinajstić information content (AvgIpc) is 2.98. The summed E-state index contributed by atoms with van der Waals surface area (Å²) in [5.74, 6) is 0.624. The first-order valence-corrected chi connectivity index (χ1v) is 8.38. The third-order valence-corrected chi connectivity index (χ3v) is 5.27. The van der Waals surface area contributed by atoms with Crippen molar-refractivity contribution in [1.29, 1.82) is 0 Å². The summed E-state index contributed by atoms with van der Waals surface area (Å²) in [4.78, 5) is 14.5. The zero-order valence-electron chi connectivity index (χ0n) is 13.0. The zero-order valence-corrected chi connectivity index (χ0v) is 13.7. The highest BCUT2D eigenvalue weighted by Gasteiger charge is 2.38. The van der Waals surface area contributed by atoms with E-state index in [1.807, 2.05) is 17.0 Å². The van der Waals surface area contributed by atoms with Crippen molar-refractivity contribution in [3.63, 3.8) is 0 Å². The van der Waals surface area contributed by atoms with E-state index in [0.717, 1.165) is 39.0 Å². The quantitative estimate of drug-likeness (QED) is 0.930. The van der Waals surface area contributed by atoms with E-state index >= 15 is 0 Å². The highest BCUT2D eigenvalue weighted by atomic mass is 35.5. The van der Waals surface area contributed by atoms with Crippen molar-refractivity contribution in [1.82, 2.24) is 10.2 Å². The summed E-state index contributed by atoms with van der Waals surface area (Å²) in [5.41, 5.74) is 0.420. The van der Waals surface area contributed by atoms with Gasteiger partial charge in [-0.05, 0) is 50.3 Å². The first-order valence-electron chi connectivity index (χ1n) is 8.00. The number of benzene rings is 1. The van der Waals surface area contributed by atoms with Gasteiger partial charge in [-0.15, -0.1) is 0 Å². The maximum absolute atomic E-state index is 12.6. The number of piperidine rings is 1. The molecule has 0 radical (unpaired) electrons.